The minimum absolute atomic E-state index is 0.0846. The first-order valence-electron chi connectivity index (χ1n) is 17.7. The van der Waals surface area contributed by atoms with Crippen molar-refractivity contribution in [3.8, 4) is 6.01 Å². The van der Waals surface area contributed by atoms with Crippen molar-refractivity contribution < 1.29 is 38.0 Å². The highest BCUT2D eigenvalue weighted by atomic mass is 16.6. The number of amides is 1. The first-order chi connectivity index (χ1) is 25.1. The lowest BCUT2D eigenvalue weighted by Gasteiger charge is -2.34. The Morgan fingerprint density at radius 3 is 1.94 bits per heavy atom. The first-order valence-corrected chi connectivity index (χ1v) is 17.7. The van der Waals surface area contributed by atoms with Gasteiger partial charge in [0.05, 0.1) is 45.6 Å². The molecular weight excluding hydrogens is 666 g/mol. The number of ether oxygens (including phenoxy) is 7. The van der Waals surface area contributed by atoms with Crippen molar-refractivity contribution in [3.05, 3.63) is 108 Å². The van der Waals surface area contributed by atoms with Gasteiger partial charge in [0.2, 0.25) is 0 Å². The molecule has 278 valence electrons. The molecule has 0 bridgehead atoms. The quantitative estimate of drug-likeness (QED) is 0.153. The molecule has 4 aromatic rings. The molecule has 5 atom stereocenters. The minimum atomic E-state index is -0.879. The summed E-state index contributed by atoms with van der Waals surface area (Å²) in [6.07, 6.45) is -2.42. The van der Waals surface area contributed by atoms with E-state index in [2.05, 4.69) is 15.5 Å². The highest BCUT2D eigenvalue weighted by Gasteiger charge is 2.48. The van der Waals surface area contributed by atoms with Crippen LogP contribution in [0.15, 0.2) is 91.0 Å². The van der Waals surface area contributed by atoms with Crippen LogP contribution in [0, 0.1) is 0 Å². The molecule has 52 heavy (non-hydrogen) atoms. The van der Waals surface area contributed by atoms with Gasteiger partial charge in [0, 0.05) is 0 Å². The number of rotatable bonds is 15. The Balaban J connectivity index is 1.19. The van der Waals surface area contributed by atoms with Gasteiger partial charge in [-0.3, -0.25) is 4.90 Å². The Bertz CT molecular complexity index is 1690. The number of nitrogens with zero attached hydrogens (tertiary/aromatic N) is 5. The van der Waals surface area contributed by atoms with E-state index in [1.165, 1.54) is 0 Å². The summed E-state index contributed by atoms with van der Waals surface area (Å²) in [7, 11) is 0. The zero-order chi connectivity index (χ0) is 36.6. The van der Waals surface area contributed by atoms with Gasteiger partial charge in [-0.25, -0.2) is 4.79 Å². The molecule has 0 aliphatic carbocycles. The normalized spacial score (nSPS) is 22.8. The largest absolute Gasteiger partial charge is 0.460 e. The number of tetrazole rings is 1. The maximum absolute atomic E-state index is 13.2. The van der Waals surface area contributed by atoms with Gasteiger partial charge in [0.25, 0.3) is 0 Å². The van der Waals surface area contributed by atoms with Crippen molar-refractivity contribution in [2.75, 3.05) is 19.8 Å². The molecule has 0 N–H and O–H groups in total. The molecule has 13 heteroatoms. The summed E-state index contributed by atoms with van der Waals surface area (Å²) < 4.78 is 45.4. The van der Waals surface area contributed by atoms with E-state index < -0.39 is 47.9 Å². The average molecular weight is 716 g/mol. The van der Waals surface area contributed by atoms with Gasteiger partial charge < -0.3 is 33.2 Å². The van der Waals surface area contributed by atoms with Crippen molar-refractivity contribution in [2.45, 2.75) is 103 Å². The number of carbonyl (C=O) groups excluding carboxylic acids is 1. The topological polar surface area (TPSA) is 129 Å². The van der Waals surface area contributed by atoms with E-state index in [4.69, 9.17) is 33.2 Å². The maximum Gasteiger partial charge on any atom is 0.413 e. The molecule has 3 heterocycles. The zero-order valence-corrected chi connectivity index (χ0v) is 30.5. The average Bonchev–Trinajstić information content (AvgIpc) is 3.80. The van der Waals surface area contributed by atoms with E-state index in [9.17, 15) is 4.79 Å². The molecule has 3 aromatic carbocycles. The Morgan fingerprint density at radius 1 is 0.808 bits per heavy atom. The highest BCUT2D eigenvalue weighted by molar-refractivity contribution is 5.69. The van der Waals surface area contributed by atoms with Crippen LogP contribution in [0.25, 0.3) is 0 Å². The zero-order valence-electron chi connectivity index (χ0n) is 30.5. The Hall–Kier alpha value is -4.40. The Morgan fingerprint density at radius 2 is 1.37 bits per heavy atom. The lowest BCUT2D eigenvalue weighted by Crippen LogP contribution is -2.51. The monoisotopic (exact) mass is 715 g/mol. The van der Waals surface area contributed by atoms with Gasteiger partial charge >= 0.3 is 12.1 Å². The van der Waals surface area contributed by atoms with Crippen molar-refractivity contribution in [3.63, 3.8) is 0 Å². The molecule has 6 rings (SSSR count). The number of hydrogen-bond acceptors (Lipinski definition) is 11. The standard InChI is InChI=1S/C39H49N5O8/c1-38(2,3)52-37(45)44-31(26-50-39(44,4)5)25-49-36-40-41-42-43(36)21-32-34(47-23-29-17-11-7-12-18-29)35(48-24-30-19-13-8-14-20-30)33(51-32)27-46-22-28-15-9-6-10-16-28/h6-20,31-35H,21-27H2,1-5H3/t31-,32-,33+,34-,35+/m0/s1. The van der Waals surface area contributed by atoms with E-state index in [0.29, 0.717) is 19.8 Å². The predicted molar refractivity (Wildman–Crippen MR) is 190 cm³/mol. The summed E-state index contributed by atoms with van der Waals surface area (Å²) in [5, 5.41) is 12.3. The minimum Gasteiger partial charge on any atom is -0.460 e. The third-order valence-corrected chi connectivity index (χ3v) is 8.79. The van der Waals surface area contributed by atoms with E-state index >= 15 is 0 Å². The number of aromatic nitrogens is 4. The fourth-order valence-corrected chi connectivity index (χ4v) is 6.33. The van der Waals surface area contributed by atoms with Crippen molar-refractivity contribution in [1.82, 2.24) is 25.1 Å². The van der Waals surface area contributed by atoms with Gasteiger partial charge in [0.1, 0.15) is 42.3 Å². The molecule has 0 saturated carbocycles. The molecule has 0 unspecified atom stereocenters. The third-order valence-electron chi connectivity index (χ3n) is 8.79. The van der Waals surface area contributed by atoms with E-state index in [-0.39, 0.29) is 32.4 Å². The van der Waals surface area contributed by atoms with Crippen molar-refractivity contribution >= 4 is 6.09 Å². The van der Waals surface area contributed by atoms with Gasteiger partial charge in [0.15, 0.2) is 0 Å². The number of benzene rings is 3. The van der Waals surface area contributed by atoms with Crippen LogP contribution in [0.2, 0.25) is 0 Å². The molecular formula is C39H49N5O8. The molecule has 0 radical (unpaired) electrons. The lowest BCUT2D eigenvalue weighted by atomic mass is 10.1. The van der Waals surface area contributed by atoms with Gasteiger partial charge in [-0.05, 0) is 61.7 Å². The third kappa shape index (κ3) is 9.92. The fourth-order valence-electron chi connectivity index (χ4n) is 6.33. The van der Waals surface area contributed by atoms with Gasteiger partial charge in [-0.2, -0.15) is 4.68 Å². The molecule has 2 aliphatic heterocycles. The number of carbonyl (C=O) groups is 1. The number of hydrogen-bond donors (Lipinski definition) is 0. The molecule has 1 aromatic heterocycles. The SMILES string of the molecule is CC(C)(C)OC(=O)N1[C@@H](COc2nnnn2C[C@@H]2O[C@H](COCc3ccccc3)[C@@H](OCc3ccccc3)[C@H]2OCc2ccccc2)COC1(C)C. The molecule has 0 spiro atoms. The Labute approximate surface area is 305 Å². The molecule has 13 nitrogen and oxygen atoms in total. The van der Waals surface area contributed by atoms with Crippen molar-refractivity contribution in [2.24, 2.45) is 0 Å². The van der Waals surface area contributed by atoms with Crippen LogP contribution in [-0.4, -0.2) is 92.8 Å². The van der Waals surface area contributed by atoms with Crippen LogP contribution in [0.5, 0.6) is 6.01 Å². The molecule has 1 amide bonds. The van der Waals surface area contributed by atoms with Crippen LogP contribution in [0.1, 0.15) is 51.3 Å². The van der Waals surface area contributed by atoms with Gasteiger partial charge in [-0.15, -0.1) is 0 Å². The summed E-state index contributed by atoms with van der Waals surface area (Å²) in [5.74, 6) is 0. The molecule has 2 aliphatic rings. The van der Waals surface area contributed by atoms with Crippen LogP contribution in [-0.2, 0) is 54.8 Å². The summed E-state index contributed by atoms with van der Waals surface area (Å²) in [6.45, 7) is 11.1. The predicted octanol–water partition coefficient (Wildman–Crippen LogP) is 5.58. The second-order valence-electron chi connectivity index (χ2n) is 14.5. The van der Waals surface area contributed by atoms with Crippen LogP contribution in [0.4, 0.5) is 4.79 Å². The molecule has 2 saturated heterocycles. The summed E-state index contributed by atoms with van der Waals surface area (Å²) in [6, 6.07) is 29.7. The van der Waals surface area contributed by atoms with Crippen LogP contribution >= 0.6 is 0 Å². The fraction of sp³-hybridized carbons (Fsp3) is 0.487. The van der Waals surface area contributed by atoms with E-state index in [1.54, 1.807) is 9.58 Å². The first kappa shape index (κ1) is 37.4. The van der Waals surface area contributed by atoms with Crippen LogP contribution < -0.4 is 4.74 Å². The maximum atomic E-state index is 13.2. The smallest absolute Gasteiger partial charge is 0.413 e. The van der Waals surface area contributed by atoms with Crippen LogP contribution in [0.3, 0.4) is 0 Å². The second-order valence-corrected chi connectivity index (χ2v) is 14.5. The van der Waals surface area contributed by atoms with Gasteiger partial charge in [-0.1, -0.05) is 96.1 Å². The van der Waals surface area contributed by atoms with Crippen molar-refractivity contribution in [1.29, 1.82) is 0 Å². The molecule has 2 fully saturated rings. The lowest BCUT2D eigenvalue weighted by molar-refractivity contribution is -0.0899. The van der Waals surface area contributed by atoms with E-state index in [0.717, 1.165) is 16.7 Å². The summed E-state index contributed by atoms with van der Waals surface area (Å²) in [5.41, 5.74) is 1.57. The summed E-state index contributed by atoms with van der Waals surface area (Å²) in [4.78, 5) is 14.7. The Kier molecular flexibility index (Phi) is 12.2. The summed E-state index contributed by atoms with van der Waals surface area (Å²) >= 11 is 0. The highest BCUT2D eigenvalue weighted by Crippen LogP contribution is 2.32. The second kappa shape index (κ2) is 17.0. The van der Waals surface area contributed by atoms with E-state index in [1.807, 2.05) is 126 Å².